The molecule has 0 aliphatic heterocycles. The molecule has 2 aromatic rings. The van der Waals surface area contributed by atoms with Crippen LogP contribution in [0.3, 0.4) is 0 Å². The van der Waals surface area contributed by atoms with Gasteiger partial charge >= 0.3 is 6.03 Å². The number of hydrogen-bond donors (Lipinski definition) is 2. The molecule has 0 unspecified atom stereocenters. The molecule has 3 rings (SSSR count). The molecule has 2 heterocycles. The average Bonchev–Trinajstić information content (AvgIpc) is 3.30. The predicted octanol–water partition coefficient (Wildman–Crippen LogP) is 3.20. The number of aromatic nitrogens is 2. The van der Waals surface area contributed by atoms with Crippen molar-refractivity contribution in [3.8, 4) is 10.4 Å². The molecule has 0 saturated heterocycles. The van der Waals surface area contributed by atoms with Gasteiger partial charge < -0.3 is 10.1 Å². The van der Waals surface area contributed by atoms with Crippen LogP contribution in [0.2, 0.25) is 0 Å². The summed E-state index contributed by atoms with van der Waals surface area (Å²) in [7, 11) is 0. The summed E-state index contributed by atoms with van der Waals surface area (Å²) in [5, 5.41) is 5.81. The Bertz CT molecular complexity index is 718. The Balaban J connectivity index is 1.51. The van der Waals surface area contributed by atoms with Crippen LogP contribution in [-0.2, 0) is 4.74 Å². The zero-order chi connectivity index (χ0) is 16.9. The van der Waals surface area contributed by atoms with Crippen LogP contribution < -0.4 is 10.6 Å². The quantitative estimate of drug-likeness (QED) is 0.752. The van der Waals surface area contributed by atoms with Crippen molar-refractivity contribution in [1.29, 1.82) is 0 Å². The third-order valence-electron chi connectivity index (χ3n) is 3.62. The molecule has 1 aliphatic carbocycles. The minimum absolute atomic E-state index is 0.347. The molecule has 2 N–H and O–H groups in total. The molecule has 6 nitrogen and oxygen atoms in total. The van der Waals surface area contributed by atoms with Gasteiger partial charge in [-0.15, -0.1) is 0 Å². The third kappa shape index (κ3) is 4.48. The first-order valence-electron chi connectivity index (χ1n) is 7.83. The van der Waals surface area contributed by atoms with Gasteiger partial charge in [0.25, 0.3) is 0 Å². The monoisotopic (exact) mass is 350 g/mol. The molecule has 0 atom stereocenters. The maximum atomic E-state index is 13.8. The van der Waals surface area contributed by atoms with E-state index in [4.69, 9.17) is 4.74 Å². The average molecular weight is 350 g/mol. The first-order chi connectivity index (χ1) is 11.6. The Morgan fingerprint density at radius 3 is 3.08 bits per heavy atom. The van der Waals surface area contributed by atoms with Gasteiger partial charge in [0.2, 0.25) is 0 Å². The van der Waals surface area contributed by atoms with Gasteiger partial charge in [-0.3, -0.25) is 10.3 Å². The Morgan fingerprint density at radius 2 is 2.33 bits per heavy atom. The summed E-state index contributed by atoms with van der Waals surface area (Å²) in [4.78, 5) is 20.5. The zero-order valence-electron chi connectivity index (χ0n) is 13.3. The second kappa shape index (κ2) is 7.67. The lowest BCUT2D eigenvalue weighted by atomic mass is 10.2. The van der Waals surface area contributed by atoms with Crippen molar-refractivity contribution in [2.45, 2.75) is 19.8 Å². The number of carbonyl (C=O) groups is 1. The fraction of sp³-hybridized carbons (Fsp3) is 0.438. The first-order valence-corrected chi connectivity index (χ1v) is 8.65. The fourth-order valence-corrected chi connectivity index (χ4v) is 3.16. The van der Waals surface area contributed by atoms with E-state index in [0.29, 0.717) is 40.3 Å². The molecule has 2 amide bonds. The second-order valence-corrected chi connectivity index (χ2v) is 6.69. The summed E-state index contributed by atoms with van der Waals surface area (Å²) in [6.07, 6.45) is 5.18. The molecule has 0 spiro atoms. The molecule has 1 saturated carbocycles. The van der Waals surface area contributed by atoms with Gasteiger partial charge in [-0.1, -0.05) is 11.3 Å². The van der Waals surface area contributed by atoms with Crippen LogP contribution in [0.4, 0.5) is 14.3 Å². The molecule has 0 radical (unpaired) electrons. The summed E-state index contributed by atoms with van der Waals surface area (Å²) in [6, 6.07) is 1.25. The number of aryl methyl sites for hydroxylation is 1. The van der Waals surface area contributed by atoms with Crippen LogP contribution in [0.1, 0.15) is 18.5 Å². The molecule has 2 aromatic heterocycles. The van der Waals surface area contributed by atoms with Crippen molar-refractivity contribution in [3.05, 3.63) is 30.0 Å². The smallest absolute Gasteiger partial charge is 0.321 e. The largest absolute Gasteiger partial charge is 0.379 e. The highest BCUT2D eigenvalue weighted by atomic mass is 32.1. The van der Waals surface area contributed by atoms with Crippen molar-refractivity contribution in [3.63, 3.8) is 0 Å². The van der Waals surface area contributed by atoms with Crippen molar-refractivity contribution in [1.82, 2.24) is 15.3 Å². The Morgan fingerprint density at radius 1 is 1.50 bits per heavy atom. The number of pyridine rings is 1. The van der Waals surface area contributed by atoms with Gasteiger partial charge in [0.15, 0.2) is 5.13 Å². The number of nitrogens with zero attached hydrogens (tertiary/aromatic N) is 2. The third-order valence-corrected chi connectivity index (χ3v) is 4.72. The lowest BCUT2D eigenvalue weighted by Crippen LogP contribution is -2.31. The highest BCUT2D eigenvalue weighted by Gasteiger charge is 2.21. The standard InChI is InChI=1S/C16H19FN4O2S/c1-10-14(12-4-5-18-8-13(12)17)24-16(20-10)21-15(22)19-6-7-23-9-11-2-3-11/h4-5,8,11H,2-3,6-7,9H2,1H3,(H2,19,20,21,22). The van der Waals surface area contributed by atoms with Gasteiger partial charge in [-0.2, -0.15) is 0 Å². The maximum Gasteiger partial charge on any atom is 0.321 e. The van der Waals surface area contributed by atoms with E-state index in [0.717, 1.165) is 12.8 Å². The van der Waals surface area contributed by atoms with E-state index >= 15 is 0 Å². The minimum Gasteiger partial charge on any atom is -0.379 e. The number of hydrogen-bond acceptors (Lipinski definition) is 5. The summed E-state index contributed by atoms with van der Waals surface area (Å²) in [5.41, 5.74) is 1.09. The first kappa shape index (κ1) is 16.8. The number of carbonyl (C=O) groups excluding carboxylic acids is 1. The number of amides is 2. The Hall–Kier alpha value is -2.06. The van der Waals surface area contributed by atoms with Gasteiger partial charge in [-0.05, 0) is 31.7 Å². The number of nitrogens with one attached hydrogen (secondary N) is 2. The maximum absolute atomic E-state index is 13.8. The van der Waals surface area contributed by atoms with E-state index in [1.165, 1.54) is 30.4 Å². The van der Waals surface area contributed by atoms with Gasteiger partial charge in [0.05, 0.1) is 23.4 Å². The highest BCUT2D eigenvalue weighted by molar-refractivity contribution is 7.19. The Kier molecular flexibility index (Phi) is 5.37. The number of rotatable bonds is 7. The minimum atomic E-state index is -0.409. The fourth-order valence-electron chi connectivity index (χ4n) is 2.17. The van der Waals surface area contributed by atoms with Crippen molar-refractivity contribution < 1.29 is 13.9 Å². The molecule has 1 fully saturated rings. The number of thiazole rings is 1. The van der Waals surface area contributed by atoms with Crippen LogP contribution in [0.15, 0.2) is 18.5 Å². The van der Waals surface area contributed by atoms with Crippen molar-refractivity contribution in [2.75, 3.05) is 25.1 Å². The van der Waals surface area contributed by atoms with Crippen molar-refractivity contribution in [2.24, 2.45) is 5.92 Å². The SMILES string of the molecule is Cc1nc(NC(=O)NCCOCC2CC2)sc1-c1ccncc1F. The van der Waals surface area contributed by atoms with Crippen molar-refractivity contribution >= 4 is 22.5 Å². The van der Waals surface area contributed by atoms with E-state index < -0.39 is 5.82 Å². The molecular formula is C16H19FN4O2S. The van der Waals surface area contributed by atoms with Gasteiger partial charge in [0.1, 0.15) is 5.82 Å². The molecule has 1 aliphatic rings. The summed E-state index contributed by atoms with van der Waals surface area (Å²) >= 11 is 1.23. The predicted molar refractivity (Wildman–Crippen MR) is 90.6 cm³/mol. The van der Waals surface area contributed by atoms with Crippen LogP contribution in [0, 0.1) is 18.7 Å². The van der Waals surface area contributed by atoms with Gasteiger partial charge in [-0.25, -0.2) is 14.2 Å². The summed E-state index contributed by atoms with van der Waals surface area (Å²) < 4.78 is 19.3. The topological polar surface area (TPSA) is 76.1 Å². The second-order valence-electron chi connectivity index (χ2n) is 5.69. The molecule has 24 heavy (non-hydrogen) atoms. The number of urea groups is 1. The van der Waals surface area contributed by atoms with E-state index in [9.17, 15) is 9.18 Å². The van der Waals surface area contributed by atoms with E-state index in [2.05, 4.69) is 20.6 Å². The molecule has 0 aromatic carbocycles. The highest BCUT2D eigenvalue weighted by Crippen LogP contribution is 2.33. The Labute approximate surface area is 143 Å². The van der Waals surface area contributed by atoms with Gasteiger partial charge in [0, 0.05) is 24.9 Å². The van der Waals surface area contributed by atoms with E-state index in [1.807, 2.05) is 0 Å². The summed E-state index contributed by atoms with van der Waals surface area (Å²) in [6.45, 7) is 3.49. The molecule has 0 bridgehead atoms. The normalized spacial score (nSPS) is 13.8. The molecule has 128 valence electrons. The van der Waals surface area contributed by atoms with E-state index in [-0.39, 0.29) is 6.03 Å². The van der Waals surface area contributed by atoms with Crippen LogP contribution in [0.5, 0.6) is 0 Å². The van der Waals surface area contributed by atoms with Crippen LogP contribution >= 0.6 is 11.3 Å². The molecular weight excluding hydrogens is 331 g/mol. The summed E-state index contributed by atoms with van der Waals surface area (Å²) in [5.74, 6) is 0.303. The van der Waals surface area contributed by atoms with Crippen LogP contribution in [-0.4, -0.2) is 35.8 Å². The zero-order valence-corrected chi connectivity index (χ0v) is 14.2. The molecule has 8 heteroatoms. The lowest BCUT2D eigenvalue weighted by Gasteiger charge is -2.06. The van der Waals surface area contributed by atoms with E-state index in [1.54, 1.807) is 13.0 Å². The number of halogens is 1. The number of ether oxygens (including phenoxy) is 1. The van der Waals surface area contributed by atoms with Crippen LogP contribution in [0.25, 0.3) is 10.4 Å². The number of anilines is 1. The lowest BCUT2D eigenvalue weighted by molar-refractivity contribution is 0.127.